The van der Waals surface area contributed by atoms with Crippen molar-refractivity contribution in [3.63, 3.8) is 0 Å². The van der Waals surface area contributed by atoms with E-state index in [1.807, 2.05) is 0 Å². The van der Waals surface area contributed by atoms with Crippen molar-refractivity contribution in [1.82, 2.24) is 5.32 Å². The third-order valence-corrected chi connectivity index (χ3v) is 4.34. The highest BCUT2D eigenvalue weighted by atomic mass is 32.2. The highest BCUT2D eigenvalue weighted by Crippen LogP contribution is 2.30. The van der Waals surface area contributed by atoms with Crippen LogP contribution in [0.25, 0.3) is 0 Å². The Balaban J connectivity index is 2.15. The van der Waals surface area contributed by atoms with Crippen molar-refractivity contribution >= 4 is 10.8 Å². The van der Waals surface area contributed by atoms with E-state index >= 15 is 0 Å². The van der Waals surface area contributed by atoms with Gasteiger partial charge in [-0.25, -0.2) is 0 Å². The van der Waals surface area contributed by atoms with Crippen LogP contribution < -0.4 is 5.32 Å². The molecule has 1 aliphatic rings. The first-order valence-corrected chi connectivity index (χ1v) is 6.51. The van der Waals surface area contributed by atoms with E-state index in [4.69, 9.17) is 0 Å². The molecular weight excluding hydrogens is 251 g/mol. The predicted molar refractivity (Wildman–Crippen MR) is 58.9 cm³/mol. The lowest BCUT2D eigenvalue weighted by Gasteiger charge is -2.11. The topological polar surface area (TPSA) is 29.1 Å². The second-order valence-electron chi connectivity index (χ2n) is 3.90. The van der Waals surface area contributed by atoms with E-state index < -0.39 is 22.5 Å². The van der Waals surface area contributed by atoms with Gasteiger partial charge in [-0.15, -0.1) is 0 Å². The van der Waals surface area contributed by atoms with Crippen LogP contribution in [0.2, 0.25) is 0 Å². The van der Waals surface area contributed by atoms with Crippen LogP contribution in [0, 0.1) is 0 Å². The number of halogens is 3. The average molecular weight is 263 g/mol. The fraction of sp³-hybridized carbons (Fsp3) is 0.455. The minimum Gasteiger partial charge on any atom is -0.303 e. The Kier molecular flexibility index (Phi) is 3.53. The van der Waals surface area contributed by atoms with Crippen LogP contribution in [0.4, 0.5) is 13.2 Å². The predicted octanol–water partition coefficient (Wildman–Crippen LogP) is 2.52. The van der Waals surface area contributed by atoms with Gasteiger partial charge in [-0.2, -0.15) is 13.2 Å². The van der Waals surface area contributed by atoms with Crippen LogP contribution in [-0.2, 0) is 17.0 Å². The summed E-state index contributed by atoms with van der Waals surface area (Å²) in [6.07, 6.45) is -2.59. The fourth-order valence-corrected chi connectivity index (χ4v) is 3.16. The minimum absolute atomic E-state index is 0.133. The van der Waals surface area contributed by atoms with Gasteiger partial charge in [-0.1, -0.05) is 0 Å². The molecule has 1 aliphatic heterocycles. The molecule has 1 N–H and O–H groups in total. The summed E-state index contributed by atoms with van der Waals surface area (Å²) in [6.45, 7) is 0.817. The second kappa shape index (κ2) is 4.78. The number of hydrogen-bond donors (Lipinski definition) is 1. The highest BCUT2D eigenvalue weighted by molar-refractivity contribution is 7.85. The summed E-state index contributed by atoms with van der Waals surface area (Å²) in [5.41, 5.74) is -0.711. The summed E-state index contributed by atoms with van der Waals surface area (Å²) in [5.74, 6) is 0. The Morgan fingerprint density at radius 2 is 1.88 bits per heavy atom. The molecule has 0 aromatic heterocycles. The molecule has 0 saturated carbocycles. The molecule has 1 aromatic carbocycles. The molecule has 1 fully saturated rings. The maximum absolute atomic E-state index is 12.3. The summed E-state index contributed by atoms with van der Waals surface area (Å²) in [5, 5.41) is 2.94. The zero-order chi connectivity index (χ0) is 12.5. The van der Waals surface area contributed by atoms with Crippen LogP contribution in [0.3, 0.4) is 0 Å². The van der Waals surface area contributed by atoms with Crippen molar-refractivity contribution in [3.05, 3.63) is 29.8 Å². The smallest absolute Gasteiger partial charge is 0.303 e. The number of hydrogen-bond acceptors (Lipinski definition) is 2. The van der Waals surface area contributed by atoms with E-state index in [2.05, 4.69) is 5.32 Å². The first kappa shape index (κ1) is 12.6. The number of benzene rings is 1. The van der Waals surface area contributed by atoms with Gasteiger partial charge in [-0.05, 0) is 43.7 Å². The maximum atomic E-state index is 12.3. The van der Waals surface area contributed by atoms with Gasteiger partial charge >= 0.3 is 6.18 Å². The Morgan fingerprint density at radius 1 is 1.24 bits per heavy atom. The van der Waals surface area contributed by atoms with Crippen LogP contribution in [-0.4, -0.2) is 16.1 Å². The normalized spacial score (nSPS) is 22.6. The third-order valence-electron chi connectivity index (χ3n) is 2.69. The van der Waals surface area contributed by atoms with Gasteiger partial charge in [0.15, 0.2) is 0 Å². The Hall–Kier alpha value is -0.880. The van der Waals surface area contributed by atoms with Crippen molar-refractivity contribution in [1.29, 1.82) is 0 Å². The molecule has 0 amide bonds. The molecular formula is C11H12F3NOS. The van der Waals surface area contributed by atoms with Gasteiger partial charge in [0.2, 0.25) is 0 Å². The second-order valence-corrected chi connectivity index (χ2v) is 5.54. The van der Waals surface area contributed by atoms with E-state index in [-0.39, 0.29) is 5.37 Å². The first-order valence-electron chi connectivity index (χ1n) is 5.30. The molecule has 2 atom stereocenters. The molecule has 6 heteroatoms. The molecule has 0 bridgehead atoms. The van der Waals surface area contributed by atoms with Crippen molar-refractivity contribution in [2.45, 2.75) is 29.3 Å². The molecule has 17 heavy (non-hydrogen) atoms. The zero-order valence-corrected chi connectivity index (χ0v) is 9.77. The van der Waals surface area contributed by atoms with E-state index in [0.29, 0.717) is 4.90 Å². The molecule has 1 unspecified atom stereocenters. The fourth-order valence-electron chi connectivity index (χ4n) is 1.78. The summed E-state index contributed by atoms with van der Waals surface area (Å²) < 4.78 is 49.0. The van der Waals surface area contributed by atoms with Crippen molar-refractivity contribution in [2.24, 2.45) is 0 Å². The lowest BCUT2D eigenvalue weighted by atomic mass is 10.2. The van der Waals surface area contributed by atoms with E-state index in [9.17, 15) is 17.4 Å². The van der Waals surface area contributed by atoms with Gasteiger partial charge in [0, 0.05) is 4.90 Å². The average Bonchev–Trinajstić information content (AvgIpc) is 2.80. The zero-order valence-electron chi connectivity index (χ0n) is 8.96. The van der Waals surface area contributed by atoms with E-state index in [0.717, 1.165) is 31.5 Å². The van der Waals surface area contributed by atoms with Crippen molar-refractivity contribution in [3.8, 4) is 0 Å². The molecule has 94 valence electrons. The Labute approximate surface area is 99.7 Å². The molecule has 1 aromatic rings. The van der Waals surface area contributed by atoms with Crippen LogP contribution in [0.1, 0.15) is 18.4 Å². The molecule has 0 spiro atoms. The molecule has 2 rings (SSSR count). The summed E-state index contributed by atoms with van der Waals surface area (Å²) in [4.78, 5) is 0.442. The number of alkyl halides is 3. The van der Waals surface area contributed by atoms with Gasteiger partial charge in [0.25, 0.3) is 0 Å². The van der Waals surface area contributed by atoms with E-state index in [1.54, 1.807) is 0 Å². The quantitative estimate of drug-likeness (QED) is 0.888. The van der Waals surface area contributed by atoms with Gasteiger partial charge < -0.3 is 5.32 Å². The third kappa shape index (κ3) is 2.87. The maximum Gasteiger partial charge on any atom is 0.416 e. The molecule has 2 nitrogen and oxygen atoms in total. The Bertz CT molecular complexity index is 410. The van der Waals surface area contributed by atoms with Crippen molar-refractivity contribution in [2.75, 3.05) is 6.54 Å². The van der Waals surface area contributed by atoms with Crippen LogP contribution in [0.15, 0.2) is 29.2 Å². The van der Waals surface area contributed by atoms with Crippen LogP contribution >= 0.6 is 0 Å². The van der Waals surface area contributed by atoms with E-state index in [1.165, 1.54) is 12.1 Å². The van der Waals surface area contributed by atoms with Crippen molar-refractivity contribution < 1.29 is 17.4 Å². The number of nitrogens with one attached hydrogen (secondary N) is 1. The summed E-state index contributed by atoms with van der Waals surface area (Å²) >= 11 is 0. The summed E-state index contributed by atoms with van der Waals surface area (Å²) in [6, 6.07) is 4.53. The largest absolute Gasteiger partial charge is 0.416 e. The van der Waals surface area contributed by atoms with Gasteiger partial charge in [0.05, 0.1) is 21.7 Å². The monoisotopic (exact) mass is 263 g/mol. The molecule has 0 aliphatic carbocycles. The lowest BCUT2D eigenvalue weighted by molar-refractivity contribution is -0.137. The van der Waals surface area contributed by atoms with Crippen LogP contribution in [0.5, 0.6) is 0 Å². The first-order chi connectivity index (χ1) is 7.98. The SMILES string of the molecule is O=[S@@](c1ccc(C(F)(F)F)cc1)C1CCCN1. The summed E-state index contributed by atoms with van der Waals surface area (Å²) in [7, 11) is -1.27. The lowest BCUT2D eigenvalue weighted by Crippen LogP contribution is -2.26. The van der Waals surface area contributed by atoms with Gasteiger partial charge in [-0.3, -0.25) is 4.21 Å². The molecule has 1 heterocycles. The van der Waals surface area contributed by atoms with Gasteiger partial charge in [0.1, 0.15) is 0 Å². The standard InChI is InChI=1S/C11H12F3NOS/c12-11(13,14)8-3-5-9(6-4-8)17(16)10-2-1-7-15-10/h3-6,10,15H,1-2,7H2/t10?,17-/m0/s1. The highest BCUT2D eigenvalue weighted by Gasteiger charge is 2.30. The Morgan fingerprint density at radius 3 is 2.35 bits per heavy atom. The number of rotatable bonds is 2. The molecule has 1 saturated heterocycles. The minimum atomic E-state index is -4.34. The molecule has 0 radical (unpaired) electrons.